The highest BCUT2D eigenvalue weighted by molar-refractivity contribution is 5.91. The zero-order valence-corrected chi connectivity index (χ0v) is 10.1. The average Bonchev–Trinajstić information content (AvgIpc) is 2.37. The Morgan fingerprint density at radius 1 is 1.11 bits per heavy atom. The average molecular weight is 240 g/mol. The molecule has 2 heteroatoms. The fourth-order valence-electron chi connectivity index (χ4n) is 1.70. The number of allylic oxidation sites excluding steroid dienone is 1. The molecule has 0 amide bonds. The lowest BCUT2D eigenvalue weighted by molar-refractivity contribution is -0.112. The molecule has 2 aromatic rings. The number of halogens is 1. The van der Waals surface area contributed by atoms with Gasteiger partial charge in [-0.25, -0.2) is 4.39 Å². The van der Waals surface area contributed by atoms with Gasteiger partial charge in [-0.3, -0.25) is 4.79 Å². The van der Waals surface area contributed by atoms with Crippen molar-refractivity contribution in [2.24, 2.45) is 0 Å². The quantitative estimate of drug-likeness (QED) is 0.738. The molecule has 18 heavy (non-hydrogen) atoms. The minimum atomic E-state index is -0.285. The van der Waals surface area contributed by atoms with Crippen molar-refractivity contribution >= 4 is 11.9 Å². The van der Waals surface area contributed by atoms with Gasteiger partial charge >= 0.3 is 0 Å². The second kappa shape index (κ2) is 5.41. The van der Waals surface area contributed by atoms with Gasteiger partial charge in [0.25, 0.3) is 0 Å². The summed E-state index contributed by atoms with van der Waals surface area (Å²) in [6.07, 6.45) is 3.04. The van der Waals surface area contributed by atoms with Crippen molar-refractivity contribution in [2.45, 2.75) is 6.92 Å². The maximum Gasteiger partial charge on any atom is 0.152 e. The summed E-state index contributed by atoms with van der Waals surface area (Å²) < 4.78 is 13.9. The Balaban J connectivity index is 2.34. The van der Waals surface area contributed by atoms with Gasteiger partial charge in [0.05, 0.1) is 0 Å². The van der Waals surface area contributed by atoms with Crippen LogP contribution in [-0.2, 0) is 4.79 Å². The topological polar surface area (TPSA) is 17.1 Å². The molecule has 0 N–H and O–H groups in total. The predicted molar refractivity (Wildman–Crippen MR) is 71.6 cm³/mol. The molecule has 0 saturated heterocycles. The van der Waals surface area contributed by atoms with Crippen molar-refractivity contribution in [1.82, 2.24) is 0 Å². The monoisotopic (exact) mass is 240 g/mol. The van der Waals surface area contributed by atoms with Crippen LogP contribution in [0.3, 0.4) is 0 Å². The van der Waals surface area contributed by atoms with E-state index in [1.807, 2.05) is 30.3 Å². The fourth-order valence-corrected chi connectivity index (χ4v) is 1.70. The van der Waals surface area contributed by atoms with Crippen molar-refractivity contribution in [3.05, 3.63) is 66.0 Å². The molecule has 0 aliphatic heterocycles. The van der Waals surface area contributed by atoms with Crippen LogP contribution in [0.5, 0.6) is 0 Å². The number of benzene rings is 2. The lowest BCUT2D eigenvalue weighted by Crippen LogP contribution is -1.86. The van der Waals surface area contributed by atoms with Crippen molar-refractivity contribution in [3.8, 4) is 11.1 Å². The molecule has 1 nitrogen and oxygen atoms in total. The minimum absolute atomic E-state index is 0.0532. The molecule has 0 atom stereocenters. The van der Waals surface area contributed by atoms with Crippen molar-refractivity contribution in [1.29, 1.82) is 0 Å². The van der Waals surface area contributed by atoms with Crippen molar-refractivity contribution < 1.29 is 9.18 Å². The predicted octanol–water partition coefficient (Wildman–Crippen LogP) is 4.09. The third-order valence-corrected chi connectivity index (χ3v) is 2.59. The molecule has 0 bridgehead atoms. The van der Waals surface area contributed by atoms with Crippen LogP contribution in [0.1, 0.15) is 12.5 Å². The van der Waals surface area contributed by atoms with Crippen LogP contribution < -0.4 is 0 Å². The van der Waals surface area contributed by atoms with Crippen LogP contribution in [0.25, 0.3) is 17.2 Å². The third-order valence-electron chi connectivity index (χ3n) is 2.59. The molecule has 0 heterocycles. The van der Waals surface area contributed by atoms with Crippen LogP contribution in [-0.4, -0.2) is 5.78 Å². The van der Waals surface area contributed by atoms with Crippen LogP contribution in [0, 0.1) is 5.82 Å². The molecule has 0 unspecified atom stereocenters. The molecule has 2 rings (SSSR count). The van der Waals surface area contributed by atoms with E-state index in [-0.39, 0.29) is 11.6 Å². The SMILES string of the molecule is CC(=O)C=Cc1ccc(-c2ccccc2)c(F)c1. The highest BCUT2D eigenvalue weighted by Gasteiger charge is 2.04. The highest BCUT2D eigenvalue weighted by Crippen LogP contribution is 2.23. The summed E-state index contributed by atoms with van der Waals surface area (Å²) in [6, 6.07) is 14.3. The second-order valence-electron chi connectivity index (χ2n) is 4.05. The molecule has 90 valence electrons. The number of hydrogen-bond donors (Lipinski definition) is 0. The molecule has 0 aliphatic carbocycles. The maximum absolute atomic E-state index is 13.9. The molecule has 0 saturated carbocycles. The van der Waals surface area contributed by atoms with Crippen LogP contribution >= 0.6 is 0 Å². The summed E-state index contributed by atoms with van der Waals surface area (Å²) in [5, 5.41) is 0. The van der Waals surface area contributed by atoms with Crippen LogP contribution in [0.2, 0.25) is 0 Å². The van der Waals surface area contributed by atoms with E-state index >= 15 is 0 Å². The van der Waals surface area contributed by atoms with E-state index in [1.165, 1.54) is 19.1 Å². The number of carbonyl (C=O) groups is 1. The molecular formula is C16H13FO. The normalized spacial score (nSPS) is 10.8. The van der Waals surface area contributed by atoms with Gasteiger partial charge in [0, 0.05) is 5.56 Å². The van der Waals surface area contributed by atoms with Gasteiger partial charge in [-0.2, -0.15) is 0 Å². The Morgan fingerprint density at radius 3 is 2.44 bits per heavy atom. The Bertz CT molecular complexity index is 585. The standard InChI is InChI=1S/C16H13FO/c1-12(18)7-8-13-9-10-15(16(17)11-13)14-5-3-2-4-6-14/h2-11H,1H3. The summed E-state index contributed by atoms with van der Waals surface area (Å²) in [4.78, 5) is 10.8. The summed E-state index contributed by atoms with van der Waals surface area (Å²) in [5.74, 6) is -0.338. The lowest BCUT2D eigenvalue weighted by atomic mass is 10.0. The Labute approximate surface area is 106 Å². The van der Waals surface area contributed by atoms with Crippen molar-refractivity contribution in [3.63, 3.8) is 0 Å². The van der Waals surface area contributed by atoms with Gasteiger partial charge < -0.3 is 0 Å². The fraction of sp³-hybridized carbons (Fsp3) is 0.0625. The molecule has 0 spiro atoms. The summed E-state index contributed by atoms with van der Waals surface area (Å²) in [5.41, 5.74) is 2.09. The zero-order valence-electron chi connectivity index (χ0n) is 10.1. The number of carbonyl (C=O) groups excluding carboxylic acids is 1. The first-order valence-electron chi connectivity index (χ1n) is 5.70. The Hall–Kier alpha value is -2.22. The van der Waals surface area contributed by atoms with Gasteiger partial charge in [-0.15, -0.1) is 0 Å². The molecular weight excluding hydrogens is 227 g/mol. The van der Waals surface area contributed by atoms with E-state index in [0.29, 0.717) is 11.1 Å². The van der Waals surface area contributed by atoms with Crippen molar-refractivity contribution in [2.75, 3.05) is 0 Å². The Kier molecular flexibility index (Phi) is 3.68. The molecule has 0 aromatic heterocycles. The van der Waals surface area contributed by atoms with Gasteiger partial charge in [-0.1, -0.05) is 48.5 Å². The van der Waals surface area contributed by atoms with Gasteiger partial charge in [0.2, 0.25) is 0 Å². The molecule has 0 aliphatic rings. The lowest BCUT2D eigenvalue weighted by Gasteiger charge is -2.04. The van der Waals surface area contributed by atoms with E-state index in [0.717, 1.165) is 5.56 Å². The number of rotatable bonds is 3. The number of ketones is 1. The largest absolute Gasteiger partial charge is 0.295 e. The Morgan fingerprint density at radius 2 is 1.83 bits per heavy atom. The van der Waals surface area contributed by atoms with Crippen LogP contribution in [0.4, 0.5) is 4.39 Å². The van der Waals surface area contributed by atoms with E-state index in [9.17, 15) is 9.18 Å². The zero-order chi connectivity index (χ0) is 13.0. The number of hydrogen-bond acceptors (Lipinski definition) is 1. The van der Waals surface area contributed by atoms with Gasteiger partial charge in [0.15, 0.2) is 5.78 Å². The van der Waals surface area contributed by atoms with E-state index in [2.05, 4.69) is 0 Å². The first-order valence-corrected chi connectivity index (χ1v) is 5.70. The molecule has 2 aromatic carbocycles. The first kappa shape index (κ1) is 12.2. The molecule has 0 radical (unpaired) electrons. The molecule has 0 fully saturated rings. The smallest absolute Gasteiger partial charge is 0.152 e. The maximum atomic E-state index is 13.9. The van der Waals surface area contributed by atoms with Gasteiger partial charge in [0.1, 0.15) is 5.82 Å². The third kappa shape index (κ3) is 2.92. The second-order valence-corrected chi connectivity index (χ2v) is 4.05. The van der Waals surface area contributed by atoms with E-state index < -0.39 is 0 Å². The summed E-state index contributed by atoms with van der Waals surface area (Å²) in [6.45, 7) is 1.46. The summed E-state index contributed by atoms with van der Waals surface area (Å²) in [7, 11) is 0. The highest BCUT2D eigenvalue weighted by atomic mass is 19.1. The van der Waals surface area contributed by atoms with Gasteiger partial charge in [-0.05, 0) is 30.2 Å². The minimum Gasteiger partial charge on any atom is -0.295 e. The first-order chi connectivity index (χ1) is 8.66. The summed E-state index contributed by atoms with van der Waals surface area (Å²) >= 11 is 0. The van der Waals surface area contributed by atoms with E-state index in [4.69, 9.17) is 0 Å². The van der Waals surface area contributed by atoms with Crippen LogP contribution in [0.15, 0.2) is 54.6 Å². The van der Waals surface area contributed by atoms with E-state index in [1.54, 1.807) is 18.2 Å².